The maximum Gasteiger partial charge on any atom is 0.142 e. The van der Waals surface area contributed by atoms with E-state index in [0.29, 0.717) is 6.61 Å². The van der Waals surface area contributed by atoms with Crippen molar-refractivity contribution in [3.05, 3.63) is 103 Å². The Morgan fingerprint density at radius 1 is 0.800 bits per heavy atom. The molecular formula is C25H19N3OS. The minimum atomic E-state index is 0.553. The van der Waals surface area contributed by atoms with E-state index in [2.05, 4.69) is 45.6 Å². The molecule has 0 spiro atoms. The van der Waals surface area contributed by atoms with Crippen LogP contribution < -0.4 is 10.1 Å². The van der Waals surface area contributed by atoms with Gasteiger partial charge in [-0.2, -0.15) is 0 Å². The van der Waals surface area contributed by atoms with Gasteiger partial charge in [0, 0.05) is 10.6 Å². The van der Waals surface area contributed by atoms with E-state index in [1.807, 2.05) is 60.7 Å². The number of rotatable bonds is 6. The van der Waals surface area contributed by atoms with E-state index in [-0.39, 0.29) is 0 Å². The molecule has 0 aliphatic carbocycles. The van der Waals surface area contributed by atoms with Gasteiger partial charge in [0.05, 0.1) is 5.39 Å². The van der Waals surface area contributed by atoms with Crippen LogP contribution in [0.4, 0.5) is 11.5 Å². The number of thiophene rings is 1. The zero-order valence-electron chi connectivity index (χ0n) is 16.2. The van der Waals surface area contributed by atoms with E-state index in [1.165, 1.54) is 10.4 Å². The summed E-state index contributed by atoms with van der Waals surface area (Å²) in [6.07, 6.45) is 1.60. The van der Waals surface area contributed by atoms with Crippen molar-refractivity contribution in [3.8, 4) is 16.2 Å². The number of hydrogen-bond donors (Lipinski definition) is 1. The summed E-state index contributed by atoms with van der Waals surface area (Å²) in [5, 5.41) is 4.43. The van der Waals surface area contributed by atoms with Crippen LogP contribution in [0.5, 0.6) is 5.75 Å². The van der Waals surface area contributed by atoms with Crippen LogP contribution in [0.1, 0.15) is 5.56 Å². The Hall–Kier alpha value is -3.70. The Kier molecular flexibility index (Phi) is 5.10. The molecule has 0 radical (unpaired) electrons. The zero-order chi connectivity index (χ0) is 20.2. The number of nitrogens with one attached hydrogen (secondary N) is 1. The molecule has 30 heavy (non-hydrogen) atoms. The molecule has 3 aromatic carbocycles. The van der Waals surface area contributed by atoms with Crippen LogP contribution in [-0.4, -0.2) is 9.97 Å². The highest BCUT2D eigenvalue weighted by Crippen LogP contribution is 2.35. The number of benzene rings is 3. The summed E-state index contributed by atoms with van der Waals surface area (Å²) in [7, 11) is 0. The number of hydrogen-bond acceptors (Lipinski definition) is 5. The van der Waals surface area contributed by atoms with Crippen molar-refractivity contribution in [2.75, 3.05) is 5.32 Å². The van der Waals surface area contributed by atoms with Crippen molar-refractivity contribution in [2.45, 2.75) is 6.61 Å². The van der Waals surface area contributed by atoms with Gasteiger partial charge in [0.2, 0.25) is 0 Å². The summed E-state index contributed by atoms with van der Waals surface area (Å²) < 4.78 is 5.87. The summed E-state index contributed by atoms with van der Waals surface area (Å²) in [6, 6.07) is 30.6. The van der Waals surface area contributed by atoms with E-state index < -0.39 is 0 Å². The molecule has 0 fully saturated rings. The van der Waals surface area contributed by atoms with Crippen LogP contribution in [0.2, 0.25) is 0 Å². The lowest BCUT2D eigenvalue weighted by atomic mass is 10.2. The third-order valence-electron chi connectivity index (χ3n) is 4.75. The van der Waals surface area contributed by atoms with Crippen molar-refractivity contribution in [1.29, 1.82) is 0 Å². The van der Waals surface area contributed by atoms with E-state index in [1.54, 1.807) is 17.7 Å². The number of anilines is 2. The Morgan fingerprint density at radius 2 is 1.53 bits per heavy atom. The molecule has 0 saturated carbocycles. The second kappa shape index (κ2) is 8.35. The lowest BCUT2D eigenvalue weighted by molar-refractivity contribution is 0.306. The van der Waals surface area contributed by atoms with Gasteiger partial charge in [-0.05, 0) is 41.5 Å². The third-order valence-corrected chi connectivity index (χ3v) is 5.85. The maximum atomic E-state index is 5.87. The first kappa shape index (κ1) is 18.3. The molecule has 0 bridgehead atoms. The molecule has 0 aliphatic heterocycles. The molecule has 0 unspecified atom stereocenters. The average molecular weight is 410 g/mol. The van der Waals surface area contributed by atoms with Gasteiger partial charge in [0.15, 0.2) is 0 Å². The van der Waals surface area contributed by atoms with E-state index >= 15 is 0 Å². The third kappa shape index (κ3) is 4.02. The lowest BCUT2D eigenvalue weighted by Crippen LogP contribution is -1.96. The molecule has 146 valence electrons. The van der Waals surface area contributed by atoms with Gasteiger partial charge in [-0.1, -0.05) is 60.7 Å². The van der Waals surface area contributed by atoms with Gasteiger partial charge in [-0.25, -0.2) is 9.97 Å². The first-order chi connectivity index (χ1) is 14.8. The summed E-state index contributed by atoms with van der Waals surface area (Å²) in [5.74, 6) is 1.63. The molecule has 4 nitrogen and oxygen atoms in total. The molecule has 0 aliphatic rings. The van der Waals surface area contributed by atoms with E-state index in [9.17, 15) is 0 Å². The Balaban J connectivity index is 1.33. The fraction of sp³-hybridized carbons (Fsp3) is 0.0400. The molecular weight excluding hydrogens is 390 g/mol. The fourth-order valence-corrected chi connectivity index (χ4v) is 4.22. The van der Waals surface area contributed by atoms with Crippen LogP contribution in [0.3, 0.4) is 0 Å². The summed E-state index contributed by atoms with van der Waals surface area (Å²) in [4.78, 5) is 11.1. The molecule has 0 atom stereocenters. The van der Waals surface area contributed by atoms with Gasteiger partial charge in [0.1, 0.15) is 29.3 Å². The maximum absolute atomic E-state index is 5.87. The van der Waals surface area contributed by atoms with Gasteiger partial charge < -0.3 is 10.1 Å². The predicted molar refractivity (Wildman–Crippen MR) is 123 cm³/mol. The Bertz CT molecular complexity index is 1250. The van der Waals surface area contributed by atoms with Gasteiger partial charge in [-0.15, -0.1) is 11.3 Å². The highest BCUT2D eigenvalue weighted by atomic mass is 32.1. The van der Waals surface area contributed by atoms with Gasteiger partial charge in [-0.3, -0.25) is 0 Å². The van der Waals surface area contributed by atoms with Gasteiger partial charge >= 0.3 is 0 Å². The zero-order valence-corrected chi connectivity index (χ0v) is 17.0. The molecule has 0 amide bonds. The molecule has 2 heterocycles. The van der Waals surface area contributed by atoms with E-state index in [4.69, 9.17) is 4.74 Å². The SMILES string of the molecule is c1ccc(COc2ccc(Nc3ncnc4sc(-c5ccccc5)cc34)cc2)cc1. The molecule has 5 heteroatoms. The first-order valence-electron chi connectivity index (χ1n) is 9.69. The molecule has 5 aromatic rings. The molecule has 5 rings (SSSR count). The molecule has 1 N–H and O–H groups in total. The fourth-order valence-electron chi connectivity index (χ4n) is 3.21. The Labute approximate surface area is 178 Å². The lowest BCUT2D eigenvalue weighted by Gasteiger charge is -2.09. The van der Waals surface area contributed by atoms with E-state index in [0.717, 1.165) is 33.0 Å². The summed E-state index contributed by atoms with van der Waals surface area (Å²) in [6.45, 7) is 0.553. The number of fused-ring (bicyclic) bond motifs is 1. The largest absolute Gasteiger partial charge is 0.489 e. The summed E-state index contributed by atoms with van der Waals surface area (Å²) in [5.41, 5.74) is 3.29. The standard InChI is InChI=1S/C25H19N3OS/c1-3-7-18(8-4-1)16-29-21-13-11-20(12-14-21)28-24-22-15-23(19-9-5-2-6-10-19)30-25(22)27-17-26-24/h1-15,17H,16H2,(H,26,27,28). The summed E-state index contributed by atoms with van der Waals surface area (Å²) >= 11 is 1.67. The van der Waals surface area contributed by atoms with Gasteiger partial charge in [0.25, 0.3) is 0 Å². The quantitative estimate of drug-likeness (QED) is 0.340. The number of aromatic nitrogens is 2. The normalized spacial score (nSPS) is 10.8. The van der Waals surface area contributed by atoms with Crippen LogP contribution >= 0.6 is 11.3 Å². The Morgan fingerprint density at radius 3 is 2.30 bits per heavy atom. The van der Waals surface area contributed by atoms with Crippen LogP contribution in [0, 0.1) is 0 Å². The highest BCUT2D eigenvalue weighted by Gasteiger charge is 2.10. The van der Waals surface area contributed by atoms with Crippen molar-refractivity contribution < 1.29 is 4.74 Å². The van der Waals surface area contributed by atoms with Crippen molar-refractivity contribution in [3.63, 3.8) is 0 Å². The predicted octanol–water partition coefficient (Wildman–Crippen LogP) is 6.68. The van der Waals surface area contributed by atoms with Crippen LogP contribution in [0.25, 0.3) is 20.7 Å². The second-order valence-electron chi connectivity index (χ2n) is 6.84. The average Bonchev–Trinajstić information content (AvgIpc) is 3.26. The van der Waals surface area contributed by atoms with Crippen molar-refractivity contribution >= 4 is 33.1 Å². The second-order valence-corrected chi connectivity index (χ2v) is 7.87. The minimum Gasteiger partial charge on any atom is -0.489 e. The molecule has 2 aromatic heterocycles. The minimum absolute atomic E-state index is 0.553. The van der Waals surface area contributed by atoms with Crippen LogP contribution in [0.15, 0.2) is 97.3 Å². The monoisotopic (exact) mass is 409 g/mol. The van der Waals surface area contributed by atoms with Crippen molar-refractivity contribution in [2.24, 2.45) is 0 Å². The number of ether oxygens (including phenoxy) is 1. The number of nitrogens with zero attached hydrogens (tertiary/aromatic N) is 2. The highest BCUT2D eigenvalue weighted by molar-refractivity contribution is 7.21. The van der Waals surface area contributed by atoms with Crippen molar-refractivity contribution in [1.82, 2.24) is 9.97 Å². The topological polar surface area (TPSA) is 47.0 Å². The molecule has 0 saturated heterocycles. The van der Waals surface area contributed by atoms with Crippen LogP contribution in [-0.2, 0) is 6.61 Å². The first-order valence-corrected chi connectivity index (χ1v) is 10.5. The smallest absolute Gasteiger partial charge is 0.142 e.